The van der Waals surface area contributed by atoms with Crippen LogP contribution in [0.2, 0.25) is 0 Å². The summed E-state index contributed by atoms with van der Waals surface area (Å²) in [5.74, 6) is 1.52. The number of para-hydroxylation sites is 1. The average molecular weight is 341 g/mol. The SMILES string of the molecule is CCC(=O)c1ccc(OCC(=O)N2CCSc3ccccc32)cc1. The second kappa shape index (κ2) is 7.53. The van der Waals surface area contributed by atoms with Gasteiger partial charge in [-0.15, -0.1) is 11.8 Å². The van der Waals surface area contributed by atoms with Gasteiger partial charge < -0.3 is 9.64 Å². The van der Waals surface area contributed by atoms with Gasteiger partial charge in [0.05, 0.1) is 5.69 Å². The Hall–Kier alpha value is -2.27. The second-order valence-corrected chi connectivity index (χ2v) is 6.59. The van der Waals surface area contributed by atoms with Gasteiger partial charge in [0, 0.05) is 29.2 Å². The lowest BCUT2D eigenvalue weighted by Gasteiger charge is -2.28. The third-order valence-corrected chi connectivity index (χ3v) is 4.93. The Bertz CT molecular complexity index is 743. The van der Waals surface area contributed by atoms with Gasteiger partial charge in [0.25, 0.3) is 5.91 Å². The number of nitrogens with zero attached hydrogens (tertiary/aromatic N) is 1. The van der Waals surface area contributed by atoms with Crippen molar-refractivity contribution in [3.05, 3.63) is 54.1 Å². The molecule has 0 N–H and O–H groups in total. The van der Waals surface area contributed by atoms with E-state index in [9.17, 15) is 9.59 Å². The molecule has 1 heterocycles. The number of benzene rings is 2. The van der Waals surface area contributed by atoms with Crippen molar-refractivity contribution in [2.24, 2.45) is 0 Å². The van der Waals surface area contributed by atoms with E-state index in [-0.39, 0.29) is 18.3 Å². The maximum absolute atomic E-state index is 12.5. The molecular formula is C19H19NO3S. The Morgan fingerprint density at radius 3 is 2.62 bits per heavy atom. The van der Waals surface area contributed by atoms with Crippen molar-refractivity contribution < 1.29 is 14.3 Å². The predicted octanol–water partition coefficient (Wildman–Crippen LogP) is 3.80. The Morgan fingerprint density at radius 1 is 1.12 bits per heavy atom. The molecule has 0 atom stereocenters. The highest BCUT2D eigenvalue weighted by atomic mass is 32.2. The van der Waals surface area contributed by atoms with Crippen LogP contribution in [0.4, 0.5) is 5.69 Å². The summed E-state index contributed by atoms with van der Waals surface area (Å²) in [6.07, 6.45) is 0.477. The van der Waals surface area contributed by atoms with Crippen LogP contribution in [0.1, 0.15) is 23.7 Å². The molecular weight excluding hydrogens is 322 g/mol. The molecule has 0 aromatic heterocycles. The molecule has 0 saturated carbocycles. The highest BCUT2D eigenvalue weighted by molar-refractivity contribution is 7.99. The molecule has 0 bridgehead atoms. The van der Waals surface area contributed by atoms with E-state index in [1.54, 1.807) is 40.9 Å². The first-order chi connectivity index (χ1) is 11.7. The average Bonchev–Trinajstić information content (AvgIpc) is 2.65. The Balaban J connectivity index is 1.63. The van der Waals surface area contributed by atoms with E-state index in [0.29, 0.717) is 24.3 Å². The number of fused-ring (bicyclic) bond motifs is 1. The fourth-order valence-electron chi connectivity index (χ4n) is 2.59. The van der Waals surface area contributed by atoms with E-state index in [2.05, 4.69) is 0 Å². The molecule has 0 unspecified atom stereocenters. The zero-order valence-corrected chi connectivity index (χ0v) is 14.3. The van der Waals surface area contributed by atoms with Crippen LogP contribution in [0.5, 0.6) is 5.75 Å². The monoisotopic (exact) mass is 341 g/mol. The summed E-state index contributed by atoms with van der Waals surface area (Å²) in [4.78, 5) is 27.0. The first-order valence-electron chi connectivity index (χ1n) is 7.97. The number of anilines is 1. The largest absolute Gasteiger partial charge is 0.484 e. The fourth-order valence-corrected chi connectivity index (χ4v) is 3.59. The van der Waals surface area contributed by atoms with Crippen LogP contribution in [0.25, 0.3) is 0 Å². The smallest absolute Gasteiger partial charge is 0.264 e. The maximum Gasteiger partial charge on any atom is 0.264 e. The van der Waals surface area contributed by atoms with Gasteiger partial charge in [-0.3, -0.25) is 9.59 Å². The van der Waals surface area contributed by atoms with Crippen molar-refractivity contribution >= 4 is 29.1 Å². The van der Waals surface area contributed by atoms with Crippen LogP contribution < -0.4 is 9.64 Å². The van der Waals surface area contributed by atoms with Gasteiger partial charge in [-0.25, -0.2) is 0 Å². The molecule has 124 valence electrons. The van der Waals surface area contributed by atoms with Crippen LogP contribution >= 0.6 is 11.8 Å². The van der Waals surface area contributed by atoms with Crippen molar-refractivity contribution in [1.29, 1.82) is 0 Å². The standard InChI is InChI=1S/C19H19NO3S/c1-2-17(21)14-7-9-15(10-8-14)23-13-19(22)20-11-12-24-18-6-4-3-5-16(18)20/h3-10H,2,11-13H2,1H3. The minimum atomic E-state index is -0.0588. The maximum atomic E-state index is 12.5. The number of hydrogen-bond donors (Lipinski definition) is 0. The Morgan fingerprint density at radius 2 is 1.88 bits per heavy atom. The third-order valence-electron chi connectivity index (χ3n) is 3.89. The summed E-state index contributed by atoms with van der Waals surface area (Å²) in [5, 5.41) is 0. The molecule has 1 aliphatic rings. The van der Waals surface area contributed by atoms with Gasteiger partial charge in [0.2, 0.25) is 0 Å². The van der Waals surface area contributed by atoms with E-state index >= 15 is 0 Å². The number of carbonyl (C=O) groups is 2. The van der Waals surface area contributed by atoms with Crippen molar-refractivity contribution in [3.63, 3.8) is 0 Å². The van der Waals surface area contributed by atoms with E-state index < -0.39 is 0 Å². The lowest BCUT2D eigenvalue weighted by molar-refractivity contribution is -0.120. The van der Waals surface area contributed by atoms with E-state index in [1.165, 1.54) is 0 Å². The van der Waals surface area contributed by atoms with Crippen LogP contribution in [-0.4, -0.2) is 30.6 Å². The number of thioether (sulfide) groups is 1. The highest BCUT2D eigenvalue weighted by Gasteiger charge is 2.22. The normalized spacial score (nSPS) is 13.3. The van der Waals surface area contributed by atoms with Crippen molar-refractivity contribution in [3.8, 4) is 5.75 Å². The van der Waals surface area contributed by atoms with Crippen LogP contribution in [-0.2, 0) is 4.79 Å². The zero-order chi connectivity index (χ0) is 16.9. The van der Waals surface area contributed by atoms with Gasteiger partial charge in [0.1, 0.15) is 5.75 Å². The number of ether oxygens (including phenoxy) is 1. The quantitative estimate of drug-likeness (QED) is 0.776. The summed E-state index contributed by atoms with van der Waals surface area (Å²) in [6, 6.07) is 14.8. The predicted molar refractivity (Wildman–Crippen MR) is 96.1 cm³/mol. The molecule has 0 aliphatic carbocycles. The number of ketones is 1. The minimum Gasteiger partial charge on any atom is -0.484 e. The first kappa shape index (κ1) is 16.6. The summed E-state index contributed by atoms with van der Waals surface area (Å²) < 4.78 is 5.60. The van der Waals surface area contributed by atoms with Crippen LogP contribution in [0.15, 0.2) is 53.4 Å². The Kier molecular flexibility index (Phi) is 5.20. The summed E-state index contributed by atoms with van der Waals surface area (Å²) in [5.41, 5.74) is 1.62. The molecule has 1 aliphatic heterocycles. The van der Waals surface area contributed by atoms with Gasteiger partial charge in [-0.05, 0) is 36.4 Å². The van der Waals surface area contributed by atoms with Crippen LogP contribution in [0.3, 0.4) is 0 Å². The molecule has 2 aromatic rings. The molecule has 4 nitrogen and oxygen atoms in total. The molecule has 5 heteroatoms. The fraction of sp³-hybridized carbons (Fsp3) is 0.263. The lowest BCUT2D eigenvalue weighted by Crippen LogP contribution is -2.38. The van der Waals surface area contributed by atoms with Gasteiger partial charge in [-0.1, -0.05) is 19.1 Å². The lowest BCUT2D eigenvalue weighted by atomic mass is 10.1. The summed E-state index contributed by atoms with van der Waals surface area (Å²) in [6.45, 7) is 2.51. The van der Waals surface area contributed by atoms with Gasteiger partial charge >= 0.3 is 0 Å². The van der Waals surface area contributed by atoms with E-state index in [1.807, 2.05) is 31.2 Å². The van der Waals surface area contributed by atoms with Crippen molar-refractivity contribution in [1.82, 2.24) is 0 Å². The molecule has 0 spiro atoms. The second-order valence-electron chi connectivity index (χ2n) is 5.45. The molecule has 1 amide bonds. The molecule has 0 radical (unpaired) electrons. The molecule has 0 saturated heterocycles. The summed E-state index contributed by atoms with van der Waals surface area (Å²) in [7, 11) is 0. The zero-order valence-electron chi connectivity index (χ0n) is 13.5. The molecule has 24 heavy (non-hydrogen) atoms. The third kappa shape index (κ3) is 3.62. The number of amides is 1. The van der Waals surface area contributed by atoms with Gasteiger partial charge in [-0.2, -0.15) is 0 Å². The van der Waals surface area contributed by atoms with Crippen LogP contribution in [0, 0.1) is 0 Å². The van der Waals surface area contributed by atoms with Gasteiger partial charge in [0.15, 0.2) is 12.4 Å². The topological polar surface area (TPSA) is 46.6 Å². The van der Waals surface area contributed by atoms with Crippen molar-refractivity contribution in [2.75, 3.05) is 23.8 Å². The highest BCUT2D eigenvalue weighted by Crippen LogP contribution is 2.34. The van der Waals surface area contributed by atoms with E-state index in [4.69, 9.17) is 4.74 Å². The molecule has 3 rings (SSSR count). The number of Topliss-reactive ketones (excluding diaryl/α,β-unsaturated/α-hetero) is 1. The summed E-state index contributed by atoms with van der Waals surface area (Å²) >= 11 is 1.76. The molecule has 2 aromatic carbocycles. The number of carbonyl (C=O) groups excluding carboxylic acids is 2. The van der Waals surface area contributed by atoms with Crippen molar-refractivity contribution in [2.45, 2.75) is 18.2 Å². The Labute approximate surface area is 145 Å². The first-order valence-corrected chi connectivity index (χ1v) is 8.96. The number of hydrogen-bond acceptors (Lipinski definition) is 4. The van der Waals surface area contributed by atoms with E-state index in [0.717, 1.165) is 16.3 Å². The molecule has 0 fully saturated rings. The number of rotatable bonds is 5. The minimum absolute atomic E-state index is 0.0138.